The molecule has 0 saturated carbocycles. The molecule has 0 saturated heterocycles. The minimum Gasteiger partial charge on any atom is -0.507 e. The minimum absolute atomic E-state index is 0.00850. The van der Waals surface area contributed by atoms with Crippen LogP contribution in [0.1, 0.15) is 16.1 Å². The average molecular weight is 407 g/mol. The number of nitrogens with zero attached hydrogens (tertiary/aromatic N) is 1. The van der Waals surface area contributed by atoms with E-state index in [1.165, 1.54) is 24.3 Å². The third-order valence-electron chi connectivity index (χ3n) is 3.75. The van der Waals surface area contributed by atoms with Crippen LogP contribution in [0.5, 0.6) is 5.75 Å². The maximum atomic E-state index is 12.5. The highest BCUT2D eigenvalue weighted by molar-refractivity contribution is 6.35. The van der Waals surface area contributed by atoms with Gasteiger partial charge in [-0.2, -0.15) is 0 Å². The van der Waals surface area contributed by atoms with E-state index in [9.17, 15) is 20.0 Å². The Hall–Kier alpha value is -3.03. The summed E-state index contributed by atoms with van der Waals surface area (Å²) in [5, 5.41) is 23.7. The van der Waals surface area contributed by atoms with Crippen molar-refractivity contribution in [3.63, 3.8) is 0 Å². The summed E-state index contributed by atoms with van der Waals surface area (Å²) >= 11 is 12.2. The number of nitro benzene ring substituents is 1. The van der Waals surface area contributed by atoms with E-state index in [2.05, 4.69) is 5.32 Å². The molecular weight excluding hydrogens is 395 g/mol. The topological polar surface area (TPSA) is 106 Å². The van der Waals surface area contributed by atoms with Gasteiger partial charge in [0.2, 0.25) is 0 Å². The summed E-state index contributed by atoms with van der Waals surface area (Å²) < 4.78 is 5.48. The third kappa shape index (κ3) is 3.89. The van der Waals surface area contributed by atoms with Crippen LogP contribution in [-0.4, -0.2) is 15.9 Å². The lowest BCUT2D eigenvalue weighted by Gasteiger charge is -2.10. The monoisotopic (exact) mass is 406 g/mol. The SMILES string of the molecule is Cc1ccc(-c2cc(O)c(C(=O)Nc3ccc([N+](=O)[O-])cc3Cl)cc2Cl)o1. The first-order valence-corrected chi connectivity index (χ1v) is 8.36. The summed E-state index contributed by atoms with van der Waals surface area (Å²) in [5.74, 6) is 0.152. The van der Waals surface area contributed by atoms with Crippen LogP contribution < -0.4 is 5.32 Å². The first-order chi connectivity index (χ1) is 12.8. The number of non-ortho nitro benzene ring substituents is 1. The second-order valence-electron chi connectivity index (χ2n) is 5.63. The van der Waals surface area contributed by atoms with E-state index in [0.29, 0.717) is 17.1 Å². The molecule has 3 rings (SSSR count). The standard InChI is InChI=1S/C18H12Cl2N2O5/c1-9-2-5-17(27-9)11-8-16(23)12(7-13(11)19)18(24)21-15-4-3-10(22(25)26)6-14(15)20/h2-8,23H,1H3,(H,21,24). The van der Waals surface area contributed by atoms with Gasteiger partial charge < -0.3 is 14.8 Å². The molecule has 0 unspecified atom stereocenters. The number of nitro groups is 1. The van der Waals surface area contributed by atoms with Gasteiger partial charge in [0, 0.05) is 17.7 Å². The van der Waals surface area contributed by atoms with Gasteiger partial charge in [-0.1, -0.05) is 23.2 Å². The molecule has 0 aliphatic carbocycles. The summed E-state index contributed by atoms with van der Waals surface area (Å²) in [6, 6.07) is 9.71. The predicted octanol–water partition coefficient (Wildman–Crippen LogP) is 5.43. The number of rotatable bonds is 4. The van der Waals surface area contributed by atoms with Crippen molar-refractivity contribution in [2.45, 2.75) is 6.92 Å². The van der Waals surface area contributed by atoms with Gasteiger partial charge in [0.25, 0.3) is 11.6 Å². The Morgan fingerprint density at radius 2 is 1.89 bits per heavy atom. The molecule has 0 atom stereocenters. The molecule has 3 aromatic rings. The number of carbonyl (C=O) groups is 1. The lowest BCUT2D eigenvalue weighted by molar-refractivity contribution is -0.384. The van der Waals surface area contributed by atoms with Crippen molar-refractivity contribution in [1.82, 2.24) is 0 Å². The molecule has 1 aromatic heterocycles. The second-order valence-corrected chi connectivity index (χ2v) is 6.45. The smallest absolute Gasteiger partial charge is 0.271 e. The number of aromatic hydroxyl groups is 1. The number of halogens is 2. The van der Waals surface area contributed by atoms with Crippen LogP contribution in [-0.2, 0) is 0 Å². The number of carbonyl (C=O) groups excluding carboxylic acids is 1. The zero-order chi connectivity index (χ0) is 19.7. The zero-order valence-electron chi connectivity index (χ0n) is 13.8. The number of hydrogen-bond acceptors (Lipinski definition) is 5. The summed E-state index contributed by atoms with van der Waals surface area (Å²) in [7, 11) is 0. The quantitative estimate of drug-likeness (QED) is 0.443. The van der Waals surface area contributed by atoms with E-state index >= 15 is 0 Å². The molecule has 27 heavy (non-hydrogen) atoms. The van der Waals surface area contributed by atoms with Crippen LogP contribution in [0.4, 0.5) is 11.4 Å². The maximum Gasteiger partial charge on any atom is 0.271 e. The molecule has 7 nitrogen and oxygen atoms in total. The normalized spacial score (nSPS) is 10.6. The average Bonchev–Trinajstić information content (AvgIpc) is 3.04. The molecule has 0 aliphatic heterocycles. The van der Waals surface area contributed by atoms with Crippen LogP contribution in [0.25, 0.3) is 11.3 Å². The van der Waals surface area contributed by atoms with E-state index in [4.69, 9.17) is 27.6 Å². The Morgan fingerprint density at radius 3 is 2.48 bits per heavy atom. The van der Waals surface area contributed by atoms with Crippen molar-refractivity contribution in [1.29, 1.82) is 0 Å². The fourth-order valence-corrected chi connectivity index (χ4v) is 2.90. The molecule has 0 fully saturated rings. The fourth-order valence-electron chi connectivity index (χ4n) is 2.42. The number of amides is 1. The molecule has 1 amide bonds. The van der Waals surface area contributed by atoms with Crippen LogP contribution >= 0.6 is 23.2 Å². The van der Waals surface area contributed by atoms with Crippen molar-refractivity contribution >= 4 is 40.5 Å². The highest BCUT2D eigenvalue weighted by atomic mass is 35.5. The van der Waals surface area contributed by atoms with Crippen molar-refractivity contribution in [2.75, 3.05) is 5.32 Å². The van der Waals surface area contributed by atoms with Gasteiger partial charge in [-0.05, 0) is 37.3 Å². The number of furan rings is 1. The van der Waals surface area contributed by atoms with Crippen LogP contribution in [0.3, 0.4) is 0 Å². The number of phenolic OH excluding ortho intramolecular Hbond substituents is 1. The first kappa shape index (κ1) is 18.8. The Kier molecular flexibility index (Phi) is 5.07. The molecular formula is C18H12Cl2N2O5. The summed E-state index contributed by atoms with van der Waals surface area (Å²) in [6.07, 6.45) is 0. The molecule has 138 valence electrons. The summed E-state index contributed by atoms with van der Waals surface area (Å²) in [6.45, 7) is 1.77. The molecule has 2 N–H and O–H groups in total. The molecule has 0 bridgehead atoms. The molecule has 2 aromatic carbocycles. The number of nitrogens with one attached hydrogen (secondary N) is 1. The van der Waals surface area contributed by atoms with Crippen LogP contribution in [0, 0.1) is 17.0 Å². The van der Waals surface area contributed by atoms with Crippen molar-refractivity contribution in [2.24, 2.45) is 0 Å². The van der Waals surface area contributed by atoms with Gasteiger partial charge in [0.1, 0.15) is 17.3 Å². The van der Waals surface area contributed by atoms with Crippen molar-refractivity contribution in [3.05, 3.63) is 73.9 Å². The Balaban J connectivity index is 1.89. The van der Waals surface area contributed by atoms with Crippen LogP contribution in [0.15, 0.2) is 46.9 Å². The third-order valence-corrected chi connectivity index (χ3v) is 4.37. The summed E-state index contributed by atoms with van der Waals surface area (Å²) in [5.41, 5.74) is 0.309. The fraction of sp³-hybridized carbons (Fsp3) is 0.0556. The van der Waals surface area contributed by atoms with Gasteiger partial charge in [0.05, 0.1) is 26.2 Å². The van der Waals surface area contributed by atoms with Gasteiger partial charge in [-0.25, -0.2) is 0 Å². The highest BCUT2D eigenvalue weighted by Crippen LogP contribution is 2.35. The Morgan fingerprint density at radius 1 is 1.15 bits per heavy atom. The number of hydrogen-bond donors (Lipinski definition) is 2. The molecule has 9 heteroatoms. The number of aryl methyl sites for hydroxylation is 1. The predicted molar refractivity (Wildman–Crippen MR) is 102 cm³/mol. The Bertz CT molecular complexity index is 1060. The van der Waals surface area contributed by atoms with Crippen molar-refractivity contribution < 1.29 is 19.2 Å². The summed E-state index contributed by atoms with van der Waals surface area (Å²) in [4.78, 5) is 22.6. The first-order valence-electron chi connectivity index (χ1n) is 7.61. The van der Waals surface area contributed by atoms with E-state index in [-0.39, 0.29) is 32.7 Å². The molecule has 0 spiro atoms. The van der Waals surface area contributed by atoms with E-state index in [0.717, 1.165) is 6.07 Å². The Labute approximate surface area is 163 Å². The molecule has 1 heterocycles. The lowest BCUT2D eigenvalue weighted by atomic mass is 10.1. The van der Waals surface area contributed by atoms with E-state index in [1.54, 1.807) is 19.1 Å². The van der Waals surface area contributed by atoms with Gasteiger partial charge in [0.15, 0.2) is 0 Å². The lowest BCUT2D eigenvalue weighted by Crippen LogP contribution is -2.12. The number of benzene rings is 2. The minimum atomic E-state index is -0.674. The second kappa shape index (κ2) is 7.30. The van der Waals surface area contributed by atoms with Gasteiger partial charge in [-0.3, -0.25) is 14.9 Å². The number of phenols is 1. The van der Waals surface area contributed by atoms with Crippen molar-refractivity contribution in [3.8, 4) is 17.1 Å². The maximum absolute atomic E-state index is 12.5. The van der Waals surface area contributed by atoms with Gasteiger partial charge >= 0.3 is 0 Å². The largest absolute Gasteiger partial charge is 0.507 e. The molecule has 0 aliphatic rings. The number of anilines is 1. The highest BCUT2D eigenvalue weighted by Gasteiger charge is 2.19. The molecule has 0 radical (unpaired) electrons. The van der Waals surface area contributed by atoms with E-state index < -0.39 is 10.8 Å². The van der Waals surface area contributed by atoms with Gasteiger partial charge in [-0.15, -0.1) is 0 Å². The van der Waals surface area contributed by atoms with Crippen LogP contribution in [0.2, 0.25) is 10.0 Å². The zero-order valence-corrected chi connectivity index (χ0v) is 15.3. The van der Waals surface area contributed by atoms with E-state index in [1.807, 2.05) is 0 Å².